The molecule has 0 radical (unpaired) electrons. The van der Waals surface area contributed by atoms with E-state index in [9.17, 15) is 14.4 Å². The minimum atomic E-state index is -0.941. The zero-order valence-corrected chi connectivity index (χ0v) is 12.7. The second-order valence-electron chi connectivity index (χ2n) is 4.03. The molecule has 0 spiro atoms. The summed E-state index contributed by atoms with van der Waals surface area (Å²) in [6, 6.07) is 0. The number of thioether (sulfide) groups is 2. The van der Waals surface area contributed by atoms with E-state index >= 15 is 0 Å². The molecule has 0 bridgehead atoms. The summed E-state index contributed by atoms with van der Waals surface area (Å²) in [4.78, 5) is 39.4. The van der Waals surface area contributed by atoms with E-state index in [4.69, 9.17) is 17.1 Å². The lowest BCUT2D eigenvalue weighted by molar-refractivity contribution is -0.198. The van der Waals surface area contributed by atoms with Gasteiger partial charge in [-0.25, -0.2) is 4.79 Å². The van der Waals surface area contributed by atoms with Crippen LogP contribution < -0.4 is 0 Å². The van der Waals surface area contributed by atoms with Gasteiger partial charge in [-0.3, -0.25) is 9.59 Å². The second kappa shape index (κ2) is 6.03. The summed E-state index contributed by atoms with van der Waals surface area (Å²) in [5.74, 6) is -1.63. The number of hydroxylamine groups is 2. The zero-order valence-electron chi connectivity index (χ0n) is 10.2. The Bertz CT molecular complexity index is 392. The fourth-order valence-corrected chi connectivity index (χ4v) is 3.26. The van der Waals surface area contributed by atoms with Crippen LogP contribution in [0, 0.1) is 0 Å². The highest BCUT2D eigenvalue weighted by Crippen LogP contribution is 2.31. The van der Waals surface area contributed by atoms with Crippen molar-refractivity contribution in [3.8, 4) is 0 Å². The average Bonchev–Trinajstić information content (AvgIpc) is 2.60. The van der Waals surface area contributed by atoms with Gasteiger partial charge in [-0.1, -0.05) is 24.0 Å². The van der Waals surface area contributed by atoms with Crippen molar-refractivity contribution in [3.05, 3.63) is 0 Å². The minimum absolute atomic E-state index is 0.0862. The quantitative estimate of drug-likeness (QED) is 0.581. The van der Waals surface area contributed by atoms with Gasteiger partial charge in [0.25, 0.3) is 11.8 Å². The van der Waals surface area contributed by atoms with Gasteiger partial charge < -0.3 is 4.84 Å². The molecule has 1 aliphatic heterocycles. The summed E-state index contributed by atoms with van der Waals surface area (Å²) in [6.45, 7) is 3.26. The molecule has 100 valence electrons. The van der Waals surface area contributed by atoms with Gasteiger partial charge in [-0.2, -0.15) is 0 Å². The fraction of sp³-hybridized carbons (Fsp3) is 0.600. The average molecular weight is 307 g/mol. The predicted molar refractivity (Wildman–Crippen MR) is 75.0 cm³/mol. The monoisotopic (exact) mass is 307 g/mol. The Labute approximate surface area is 119 Å². The maximum absolute atomic E-state index is 11.9. The van der Waals surface area contributed by atoms with Crippen LogP contribution in [0.2, 0.25) is 0 Å². The van der Waals surface area contributed by atoms with Crippen LogP contribution in [-0.2, 0) is 19.2 Å². The molecule has 0 N–H and O–H groups in total. The molecule has 0 aliphatic carbocycles. The summed E-state index contributed by atoms with van der Waals surface area (Å²) in [5, 5.41) is 0.548. The molecule has 1 fully saturated rings. The Balaban J connectivity index is 2.66. The number of amides is 2. The van der Waals surface area contributed by atoms with E-state index in [0.29, 0.717) is 8.59 Å². The SMILES string of the molecule is CSC(=S)SC(C)(C)C(=O)ON1C(=O)CCC1=O. The topological polar surface area (TPSA) is 63.7 Å². The molecule has 0 unspecified atom stereocenters. The molecule has 0 atom stereocenters. The van der Waals surface area contributed by atoms with E-state index in [1.807, 2.05) is 6.26 Å². The lowest BCUT2D eigenvalue weighted by atomic mass is 10.2. The smallest absolute Gasteiger partial charge is 0.329 e. The van der Waals surface area contributed by atoms with Gasteiger partial charge in [0, 0.05) is 12.8 Å². The van der Waals surface area contributed by atoms with Gasteiger partial charge in [-0.15, -0.1) is 16.8 Å². The van der Waals surface area contributed by atoms with Crippen LogP contribution in [0.15, 0.2) is 0 Å². The molecule has 0 saturated carbocycles. The summed E-state index contributed by atoms with van der Waals surface area (Å²) < 4.78 is -0.348. The van der Waals surface area contributed by atoms with Crippen LogP contribution in [0.5, 0.6) is 0 Å². The standard InChI is InChI=1S/C10H13NO4S3/c1-10(2,18-9(16)17-3)8(14)15-11-6(12)4-5-7(11)13/h4-5H2,1-3H3. The Kier molecular flexibility index (Phi) is 5.18. The van der Waals surface area contributed by atoms with Crippen molar-refractivity contribution in [2.75, 3.05) is 6.26 Å². The molecule has 5 nitrogen and oxygen atoms in total. The van der Waals surface area contributed by atoms with Crippen LogP contribution in [0.25, 0.3) is 0 Å². The number of rotatable bonds is 3. The maximum atomic E-state index is 11.9. The highest BCUT2D eigenvalue weighted by Gasteiger charge is 2.39. The number of carbonyl (C=O) groups is 3. The first-order chi connectivity index (χ1) is 8.27. The van der Waals surface area contributed by atoms with E-state index in [1.54, 1.807) is 13.8 Å². The minimum Gasteiger partial charge on any atom is -0.329 e. The Morgan fingerprint density at radius 2 is 1.83 bits per heavy atom. The van der Waals surface area contributed by atoms with Gasteiger partial charge >= 0.3 is 5.97 Å². The molecule has 0 aromatic carbocycles. The van der Waals surface area contributed by atoms with Gasteiger partial charge in [-0.05, 0) is 20.1 Å². The van der Waals surface area contributed by atoms with E-state index in [1.165, 1.54) is 23.5 Å². The van der Waals surface area contributed by atoms with Crippen molar-refractivity contribution in [1.29, 1.82) is 0 Å². The van der Waals surface area contributed by atoms with E-state index in [2.05, 4.69) is 0 Å². The van der Waals surface area contributed by atoms with Gasteiger partial charge in [0.05, 0.1) is 0 Å². The van der Waals surface area contributed by atoms with E-state index in [-0.39, 0.29) is 12.8 Å². The molecular formula is C10H13NO4S3. The number of imide groups is 1. The van der Waals surface area contributed by atoms with Gasteiger partial charge in [0.1, 0.15) is 8.28 Å². The van der Waals surface area contributed by atoms with Crippen LogP contribution in [0.1, 0.15) is 26.7 Å². The molecule has 1 rings (SSSR count). The first-order valence-corrected chi connectivity index (χ1v) is 7.58. The fourth-order valence-electron chi connectivity index (χ4n) is 1.14. The molecule has 0 aromatic heterocycles. The second-order valence-corrected chi connectivity index (χ2v) is 7.66. The molecule has 2 amide bonds. The number of thiocarbonyl (C=S) groups is 1. The number of carbonyl (C=O) groups excluding carboxylic acids is 3. The maximum Gasteiger partial charge on any atom is 0.348 e. The lowest BCUT2D eigenvalue weighted by Crippen LogP contribution is -2.39. The van der Waals surface area contributed by atoms with Crippen molar-refractivity contribution >= 4 is 57.1 Å². The summed E-state index contributed by atoms with van der Waals surface area (Å²) in [6.07, 6.45) is 1.98. The van der Waals surface area contributed by atoms with E-state index in [0.717, 1.165) is 0 Å². The Morgan fingerprint density at radius 3 is 2.28 bits per heavy atom. The molecule has 8 heteroatoms. The lowest BCUT2D eigenvalue weighted by Gasteiger charge is -2.23. The first-order valence-electron chi connectivity index (χ1n) is 5.13. The summed E-state index contributed by atoms with van der Waals surface area (Å²) in [5.41, 5.74) is 0. The zero-order chi connectivity index (χ0) is 13.9. The molecule has 0 aromatic rings. The highest BCUT2D eigenvalue weighted by molar-refractivity contribution is 8.47. The van der Waals surface area contributed by atoms with Crippen LogP contribution in [0.4, 0.5) is 0 Å². The first kappa shape index (κ1) is 15.5. The van der Waals surface area contributed by atoms with Crippen molar-refractivity contribution in [2.45, 2.75) is 31.4 Å². The number of nitrogens with zero attached hydrogens (tertiary/aromatic N) is 1. The van der Waals surface area contributed by atoms with Crippen LogP contribution in [0.3, 0.4) is 0 Å². The molecule has 1 saturated heterocycles. The number of hydrogen-bond acceptors (Lipinski definition) is 7. The largest absolute Gasteiger partial charge is 0.348 e. The molecule has 1 heterocycles. The van der Waals surface area contributed by atoms with Gasteiger partial charge in [0.2, 0.25) is 0 Å². The van der Waals surface area contributed by atoms with Crippen molar-refractivity contribution in [2.24, 2.45) is 0 Å². The third-order valence-corrected chi connectivity index (χ3v) is 4.85. The Hall–Kier alpha value is -0.600. The molecule has 18 heavy (non-hydrogen) atoms. The van der Waals surface area contributed by atoms with Crippen molar-refractivity contribution in [3.63, 3.8) is 0 Å². The van der Waals surface area contributed by atoms with Gasteiger partial charge in [0.15, 0.2) is 0 Å². The summed E-state index contributed by atoms with van der Waals surface area (Å²) in [7, 11) is 0. The van der Waals surface area contributed by atoms with Crippen molar-refractivity contribution < 1.29 is 19.2 Å². The van der Waals surface area contributed by atoms with Crippen molar-refractivity contribution in [1.82, 2.24) is 5.06 Å². The molecular weight excluding hydrogens is 294 g/mol. The predicted octanol–water partition coefficient (Wildman–Crippen LogP) is 1.75. The Morgan fingerprint density at radius 1 is 1.33 bits per heavy atom. The van der Waals surface area contributed by atoms with E-state index < -0.39 is 22.5 Å². The molecule has 1 aliphatic rings. The third kappa shape index (κ3) is 3.69. The normalized spacial score (nSPS) is 16.1. The third-order valence-electron chi connectivity index (χ3n) is 2.18. The number of hydrogen-bond donors (Lipinski definition) is 0. The highest BCUT2D eigenvalue weighted by atomic mass is 32.2. The van der Waals surface area contributed by atoms with Crippen LogP contribution in [-0.4, -0.2) is 37.4 Å². The van der Waals surface area contributed by atoms with Crippen LogP contribution >= 0.6 is 35.7 Å². The summed E-state index contributed by atoms with van der Waals surface area (Å²) >= 11 is 7.54.